The molecule has 4 saturated carbocycles. The van der Waals surface area contributed by atoms with Crippen LogP contribution in [0.3, 0.4) is 0 Å². The van der Waals surface area contributed by atoms with Gasteiger partial charge in [-0.1, -0.05) is 13.8 Å². The Labute approximate surface area is 180 Å². The largest absolute Gasteiger partial charge is 0.509 e. The van der Waals surface area contributed by atoms with Crippen molar-refractivity contribution in [3.63, 3.8) is 0 Å². The first-order valence-corrected chi connectivity index (χ1v) is 11.9. The van der Waals surface area contributed by atoms with Crippen LogP contribution in [0, 0.1) is 23.7 Å². The third kappa shape index (κ3) is 4.15. The molecule has 0 aromatic rings. The Hall–Kier alpha value is -1.49. The van der Waals surface area contributed by atoms with Gasteiger partial charge in [0.1, 0.15) is 16.8 Å². The van der Waals surface area contributed by atoms with Crippen molar-refractivity contribution in [1.82, 2.24) is 0 Å². The summed E-state index contributed by atoms with van der Waals surface area (Å²) in [5.41, 5.74) is -2.92. The predicted molar refractivity (Wildman–Crippen MR) is 104 cm³/mol. The monoisotopic (exact) mass is 468 g/mol. The van der Waals surface area contributed by atoms with E-state index >= 15 is 0 Å². The van der Waals surface area contributed by atoms with Crippen LogP contribution in [-0.2, 0) is 29.1 Å². The second-order valence-corrected chi connectivity index (χ2v) is 11.9. The van der Waals surface area contributed by atoms with Gasteiger partial charge in [-0.2, -0.15) is 17.2 Å². The lowest BCUT2D eigenvalue weighted by molar-refractivity contribution is -0.264. The number of alkyl halides is 2. The van der Waals surface area contributed by atoms with Crippen LogP contribution < -0.4 is 0 Å². The Kier molecular flexibility index (Phi) is 5.66. The number of carbonyl (C=O) groups is 2. The highest BCUT2D eigenvalue weighted by Crippen LogP contribution is 2.64. The highest BCUT2D eigenvalue weighted by atomic mass is 32.2. The molecule has 31 heavy (non-hydrogen) atoms. The number of halogens is 2. The van der Waals surface area contributed by atoms with Crippen LogP contribution in [0.4, 0.5) is 13.6 Å². The molecule has 4 rings (SSSR count). The van der Waals surface area contributed by atoms with Crippen LogP contribution in [0.1, 0.15) is 66.7 Å². The van der Waals surface area contributed by atoms with Crippen LogP contribution >= 0.6 is 0 Å². The zero-order valence-electron chi connectivity index (χ0n) is 18.3. The molecule has 0 radical (unpaired) electrons. The summed E-state index contributed by atoms with van der Waals surface area (Å²) >= 11 is 0. The van der Waals surface area contributed by atoms with Crippen molar-refractivity contribution in [3.8, 4) is 0 Å². The molecule has 4 fully saturated rings. The summed E-state index contributed by atoms with van der Waals surface area (Å²) in [7, 11) is -5.97. The van der Waals surface area contributed by atoms with Crippen molar-refractivity contribution < 1.29 is 45.6 Å². The van der Waals surface area contributed by atoms with Gasteiger partial charge in [0, 0.05) is 11.8 Å². The van der Waals surface area contributed by atoms with Gasteiger partial charge < -0.3 is 14.2 Å². The van der Waals surface area contributed by atoms with Gasteiger partial charge in [0.2, 0.25) is 0 Å². The Morgan fingerprint density at radius 1 is 1.03 bits per heavy atom. The molecule has 4 bridgehead atoms. The van der Waals surface area contributed by atoms with E-state index in [-0.39, 0.29) is 5.92 Å². The molecule has 8 nitrogen and oxygen atoms in total. The minimum Gasteiger partial charge on any atom is -0.453 e. The van der Waals surface area contributed by atoms with Crippen molar-refractivity contribution in [2.24, 2.45) is 23.7 Å². The first-order valence-electron chi connectivity index (χ1n) is 10.4. The molecule has 4 aliphatic rings. The fourth-order valence-electron chi connectivity index (χ4n) is 6.05. The number of rotatable bonds is 5. The van der Waals surface area contributed by atoms with Crippen LogP contribution in [-0.4, -0.2) is 47.2 Å². The lowest BCUT2D eigenvalue weighted by Gasteiger charge is -2.64. The molecule has 4 aliphatic carbocycles. The zero-order valence-corrected chi connectivity index (χ0v) is 19.1. The van der Waals surface area contributed by atoms with E-state index in [1.165, 1.54) is 0 Å². The molecule has 178 valence electrons. The minimum absolute atomic E-state index is 0.160. The van der Waals surface area contributed by atoms with Crippen molar-refractivity contribution in [2.45, 2.75) is 88.8 Å². The van der Waals surface area contributed by atoms with Gasteiger partial charge in [0.15, 0.2) is 0 Å². The Morgan fingerprint density at radius 2 is 1.55 bits per heavy atom. The standard InChI is InChI=1S/C20H30F2O8S/c1-11(2)19(28-15(23)20(21,22)31(25,26)27)13-6-12-7-14(19)10-18(8-12,9-13)30-16(24)29-17(3,4)5/h11-14H,6-10H2,1-5H3,(H,25,26,27). The molecular weight excluding hydrogens is 438 g/mol. The topological polar surface area (TPSA) is 116 Å². The third-order valence-electron chi connectivity index (χ3n) is 6.83. The second-order valence-electron chi connectivity index (χ2n) is 10.5. The molecule has 0 saturated heterocycles. The Morgan fingerprint density at radius 3 is 1.97 bits per heavy atom. The van der Waals surface area contributed by atoms with Crippen molar-refractivity contribution in [3.05, 3.63) is 0 Å². The summed E-state index contributed by atoms with van der Waals surface area (Å²) in [6.45, 7) is 8.59. The maximum atomic E-state index is 14.0. The van der Waals surface area contributed by atoms with Gasteiger partial charge >= 0.3 is 27.5 Å². The van der Waals surface area contributed by atoms with E-state index in [9.17, 15) is 26.8 Å². The van der Waals surface area contributed by atoms with Crippen LogP contribution in [0.5, 0.6) is 0 Å². The summed E-state index contributed by atoms with van der Waals surface area (Å²) in [5, 5.41) is -5.06. The molecule has 0 aliphatic heterocycles. The van der Waals surface area contributed by atoms with Crippen molar-refractivity contribution >= 4 is 22.2 Å². The normalized spacial score (nSPS) is 35.2. The minimum atomic E-state index is -5.97. The first-order chi connectivity index (χ1) is 13.9. The van der Waals surface area contributed by atoms with E-state index < -0.39 is 62.1 Å². The van der Waals surface area contributed by atoms with Crippen molar-refractivity contribution in [1.29, 1.82) is 0 Å². The lowest BCUT2D eigenvalue weighted by Crippen LogP contribution is -2.68. The average molecular weight is 469 g/mol. The number of ether oxygens (including phenoxy) is 3. The van der Waals surface area contributed by atoms with E-state index in [1.807, 2.05) is 0 Å². The summed E-state index contributed by atoms with van der Waals surface area (Å²) < 4.78 is 75.2. The van der Waals surface area contributed by atoms with E-state index in [2.05, 4.69) is 0 Å². The highest BCUT2D eigenvalue weighted by molar-refractivity contribution is 7.87. The fraction of sp³-hybridized carbons (Fsp3) is 0.900. The third-order valence-corrected chi connectivity index (χ3v) is 7.65. The number of carbonyl (C=O) groups excluding carboxylic acids is 2. The quantitative estimate of drug-likeness (QED) is 0.476. The molecule has 1 N–H and O–H groups in total. The van der Waals surface area contributed by atoms with Gasteiger partial charge in [-0.05, 0) is 64.7 Å². The van der Waals surface area contributed by atoms with Crippen LogP contribution in [0.15, 0.2) is 0 Å². The number of hydrogen-bond acceptors (Lipinski definition) is 7. The van der Waals surface area contributed by atoms with Gasteiger partial charge in [-0.25, -0.2) is 9.59 Å². The first kappa shape index (κ1) is 24.2. The number of esters is 1. The van der Waals surface area contributed by atoms with Crippen LogP contribution in [0.25, 0.3) is 0 Å². The van der Waals surface area contributed by atoms with E-state index in [0.717, 1.165) is 0 Å². The summed E-state index contributed by atoms with van der Waals surface area (Å²) in [6.07, 6.45) is 1.56. The van der Waals surface area contributed by atoms with Gasteiger partial charge in [-0.15, -0.1) is 0 Å². The Balaban J connectivity index is 1.88. The van der Waals surface area contributed by atoms with Crippen LogP contribution in [0.2, 0.25) is 0 Å². The molecule has 0 spiro atoms. The fourth-order valence-corrected chi connectivity index (χ4v) is 6.31. The molecule has 11 heteroatoms. The van der Waals surface area contributed by atoms with E-state index in [4.69, 9.17) is 18.8 Å². The smallest absolute Gasteiger partial charge is 0.453 e. The Bertz CT molecular complexity index is 845. The lowest BCUT2D eigenvalue weighted by atomic mass is 9.46. The zero-order chi connectivity index (χ0) is 23.6. The molecule has 0 aromatic heterocycles. The summed E-state index contributed by atoms with van der Waals surface area (Å²) in [5.74, 6) is -3.32. The molecule has 0 heterocycles. The summed E-state index contributed by atoms with van der Waals surface area (Å²) in [6, 6.07) is 0. The van der Waals surface area contributed by atoms with E-state index in [0.29, 0.717) is 32.1 Å². The molecule has 0 aromatic carbocycles. The average Bonchev–Trinajstić information content (AvgIpc) is 2.53. The second kappa shape index (κ2) is 7.26. The number of hydrogen-bond donors (Lipinski definition) is 1. The highest BCUT2D eigenvalue weighted by Gasteiger charge is 2.68. The summed E-state index contributed by atoms with van der Waals surface area (Å²) in [4.78, 5) is 24.5. The van der Waals surface area contributed by atoms with Crippen molar-refractivity contribution in [2.75, 3.05) is 0 Å². The molecule has 0 amide bonds. The van der Waals surface area contributed by atoms with Gasteiger partial charge in [0.25, 0.3) is 0 Å². The molecular formula is C20H30F2O8S. The van der Waals surface area contributed by atoms with Gasteiger partial charge in [0.05, 0.1) is 0 Å². The maximum absolute atomic E-state index is 14.0. The van der Waals surface area contributed by atoms with Gasteiger partial charge in [-0.3, -0.25) is 4.55 Å². The SMILES string of the molecule is CC(C)C1(OC(=O)C(F)(F)S(=O)(=O)O)C2CC3CC1CC(OC(=O)OC(C)(C)C)(C3)C2. The maximum Gasteiger partial charge on any atom is 0.509 e. The molecule has 2 unspecified atom stereocenters. The van der Waals surface area contributed by atoms with E-state index in [1.54, 1.807) is 34.6 Å². The predicted octanol–water partition coefficient (Wildman–Crippen LogP) is 3.94. The molecule has 2 atom stereocenters.